The molecule has 1 rings (SSSR count). The van der Waals surface area contributed by atoms with Gasteiger partial charge in [-0.05, 0) is 48.6 Å². The maximum absolute atomic E-state index is 10.9. The molecule has 2 nitrogen and oxygen atoms in total. The molecule has 1 aromatic heterocycles. The smallest absolute Gasteiger partial charge is 0.159 e. The van der Waals surface area contributed by atoms with E-state index in [0.29, 0.717) is 0 Å². The first kappa shape index (κ1) is 8.64. The highest BCUT2D eigenvalue weighted by atomic mass is 127. The number of Topliss-reactive ketones (excluding diaryl/α,β-unsaturated/α-hetero) is 1. The summed E-state index contributed by atoms with van der Waals surface area (Å²) < 4.78 is 0.868. The Kier molecular flexibility index (Phi) is 2.59. The maximum Gasteiger partial charge on any atom is 0.159 e. The molecule has 0 radical (unpaired) electrons. The van der Waals surface area contributed by atoms with Gasteiger partial charge in [0.15, 0.2) is 5.78 Å². The van der Waals surface area contributed by atoms with E-state index in [-0.39, 0.29) is 5.78 Å². The second-order valence-corrected chi connectivity index (χ2v) is 3.48. The van der Waals surface area contributed by atoms with Crippen LogP contribution in [-0.4, -0.2) is 10.8 Å². The van der Waals surface area contributed by atoms with Crippen molar-refractivity contribution in [2.24, 2.45) is 0 Å². The number of ketones is 1. The summed E-state index contributed by atoms with van der Waals surface area (Å²) in [7, 11) is 0. The molecule has 1 aromatic rings. The summed E-state index contributed by atoms with van der Waals surface area (Å²) in [4.78, 5) is 15.1. The Balaban J connectivity index is 3.19. The van der Waals surface area contributed by atoms with E-state index < -0.39 is 0 Å². The van der Waals surface area contributed by atoms with E-state index in [2.05, 4.69) is 27.6 Å². The lowest BCUT2D eigenvalue weighted by atomic mass is 10.2. The van der Waals surface area contributed by atoms with Crippen molar-refractivity contribution in [1.82, 2.24) is 4.98 Å². The lowest BCUT2D eigenvalue weighted by Gasteiger charge is -1.97. The topological polar surface area (TPSA) is 30.0 Å². The molecule has 3 heteroatoms. The van der Waals surface area contributed by atoms with Gasteiger partial charge in [0.25, 0.3) is 0 Å². The Hall–Kier alpha value is -0.450. The summed E-state index contributed by atoms with van der Waals surface area (Å²) in [5.74, 6) is 0.0911. The summed E-state index contributed by atoms with van der Waals surface area (Å²) in [6, 6.07) is 3.58. The van der Waals surface area contributed by atoms with E-state index in [1.807, 2.05) is 6.92 Å². The number of aromatic nitrogens is 1. The number of hydrogen-bond acceptors (Lipinski definition) is 2. The summed E-state index contributed by atoms with van der Waals surface area (Å²) in [6.07, 6.45) is 0. The van der Waals surface area contributed by atoms with Gasteiger partial charge in [0, 0.05) is 11.3 Å². The second-order valence-electron chi connectivity index (χ2n) is 2.38. The van der Waals surface area contributed by atoms with Crippen molar-refractivity contribution >= 4 is 28.4 Å². The third kappa shape index (κ3) is 2.25. The minimum Gasteiger partial charge on any atom is -0.295 e. The molecule has 0 aliphatic rings. The Morgan fingerprint density at radius 1 is 1.55 bits per heavy atom. The van der Waals surface area contributed by atoms with E-state index >= 15 is 0 Å². The first-order chi connectivity index (χ1) is 5.09. The third-order valence-electron chi connectivity index (χ3n) is 1.33. The average Bonchev–Trinajstić information content (AvgIpc) is 1.85. The highest BCUT2D eigenvalue weighted by Crippen LogP contribution is 2.07. The van der Waals surface area contributed by atoms with Gasteiger partial charge in [-0.3, -0.25) is 4.79 Å². The summed E-state index contributed by atoms with van der Waals surface area (Å²) >= 11 is 2.10. The van der Waals surface area contributed by atoms with Crippen molar-refractivity contribution in [2.45, 2.75) is 13.8 Å². The molecule has 0 N–H and O–H groups in total. The molecule has 0 atom stereocenters. The van der Waals surface area contributed by atoms with Gasteiger partial charge >= 0.3 is 0 Å². The molecule has 0 saturated carbocycles. The number of carbonyl (C=O) groups is 1. The molecule has 0 spiro atoms. The first-order valence-electron chi connectivity index (χ1n) is 3.25. The van der Waals surface area contributed by atoms with Crippen LogP contribution in [0.2, 0.25) is 0 Å². The van der Waals surface area contributed by atoms with Crippen molar-refractivity contribution in [3.05, 3.63) is 27.1 Å². The second kappa shape index (κ2) is 3.30. The molecule has 11 heavy (non-hydrogen) atoms. The molecule has 0 bridgehead atoms. The maximum atomic E-state index is 10.9. The van der Waals surface area contributed by atoms with E-state index in [0.717, 1.165) is 15.0 Å². The SMILES string of the molecule is CC(=O)c1cc(C)nc(I)c1. The van der Waals surface area contributed by atoms with Gasteiger partial charge in [-0.1, -0.05) is 0 Å². The van der Waals surface area contributed by atoms with Crippen LogP contribution in [0.5, 0.6) is 0 Å². The molecule has 0 aliphatic heterocycles. The Morgan fingerprint density at radius 2 is 2.18 bits per heavy atom. The predicted molar refractivity (Wildman–Crippen MR) is 51.7 cm³/mol. The summed E-state index contributed by atoms with van der Waals surface area (Å²) in [5.41, 5.74) is 1.63. The highest BCUT2D eigenvalue weighted by molar-refractivity contribution is 14.1. The lowest BCUT2D eigenvalue weighted by molar-refractivity contribution is 0.101. The van der Waals surface area contributed by atoms with Gasteiger partial charge in [-0.15, -0.1) is 0 Å². The fourth-order valence-corrected chi connectivity index (χ4v) is 1.55. The number of aryl methyl sites for hydroxylation is 1. The predicted octanol–water partition coefficient (Wildman–Crippen LogP) is 2.20. The van der Waals surface area contributed by atoms with Crippen LogP contribution in [0, 0.1) is 10.6 Å². The summed E-state index contributed by atoms with van der Waals surface area (Å²) in [5, 5.41) is 0. The highest BCUT2D eigenvalue weighted by Gasteiger charge is 2.01. The minimum absolute atomic E-state index is 0.0911. The largest absolute Gasteiger partial charge is 0.295 e. The average molecular weight is 261 g/mol. The van der Waals surface area contributed by atoms with Gasteiger partial charge < -0.3 is 0 Å². The number of hydrogen-bond donors (Lipinski definition) is 0. The van der Waals surface area contributed by atoms with Crippen LogP contribution in [0.25, 0.3) is 0 Å². The zero-order chi connectivity index (χ0) is 8.43. The van der Waals surface area contributed by atoms with Crippen LogP contribution < -0.4 is 0 Å². The Bertz CT molecular complexity index is 276. The molecule has 0 amide bonds. The van der Waals surface area contributed by atoms with Gasteiger partial charge in [0.1, 0.15) is 3.70 Å². The molecule has 0 fully saturated rings. The van der Waals surface area contributed by atoms with E-state index in [1.165, 1.54) is 0 Å². The van der Waals surface area contributed by atoms with Gasteiger partial charge in [-0.25, -0.2) is 4.98 Å². The van der Waals surface area contributed by atoms with Crippen LogP contribution in [0.15, 0.2) is 12.1 Å². The lowest BCUT2D eigenvalue weighted by Crippen LogP contribution is -1.96. The monoisotopic (exact) mass is 261 g/mol. The van der Waals surface area contributed by atoms with Crippen LogP contribution >= 0.6 is 22.6 Å². The summed E-state index contributed by atoms with van der Waals surface area (Å²) in [6.45, 7) is 3.44. The number of rotatable bonds is 1. The van der Waals surface area contributed by atoms with Crippen LogP contribution in [0.3, 0.4) is 0 Å². The molecule has 0 aromatic carbocycles. The molecule has 0 saturated heterocycles. The molecule has 1 heterocycles. The van der Waals surface area contributed by atoms with Gasteiger partial charge in [0.2, 0.25) is 0 Å². The quantitative estimate of drug-likeness (QED) is 0.440. The normalized spacial score (nSPS) is 9.73. The Labute approximate surface area is 79.2 Å². The van der Waals surface area contributed by atoms with E-state index in [4.69, 9.17) is 0 Å². The van der Waals surface area contributed by atoms with Crippen LogP contribution in [-0.2, 0) is 0 Å². The van der Waals surface area contributed by atoms with Crippen LogP contribution in [0.4, 0.5) is 0 Å². The van der Waals surface area contributed by atoms with E-state index in [1.54, 1.807) is 19.1 Å². The van der Waals surface area contributed by atoms with Crippen molar-refractivity contribution in [3.63, 3.8) is 0 Å². The molecular weight excluding hydrogens is 253 g/mol. The molecule has 58 valence electrons. The minimum atomic E-state index is 0.0911. The Morgan fingerprint density at radius 3 is 2.64 bits per heavy atom. The van der Waals surface area contributed by atoms with Crippen molar-refractivity contribution in [3.8, 4) is 0 Å². The number of pyridine rings is 1. The zero-order valence-corrected chi connectivity index (χ0v) is 8.55. The van der Waals surface area contributed by atoms with Crippen molar-refractivity contribution in [2.75, 3.05) is 0 Å². The third-order valence-corrected chi connectivity index (χ3v) is 1.88. The molecule has 0 aliphatic carbocycles. The number of nitrogens with zero attached hydrogens (tertiary/aromatic N) is 1. The van der Waals surface area contributed by atoms with Gasteiger partial charge in [0.05, 0.1) is 0 Å². The van der Waals surface area contributed by atoms with Gasteiger partial charge in [-0.2, -0.15) is 0 Å². The standard InChI is InChI=1S/C8H8INO/c1-5-3-7(6(2)11)4-8(9)10-5/h3-4H,1-2H3. The van der Waals surface area contributed by atoms with Crippen molar-refractivity contribution in [1.29, 1.82) is 0 Å². The first-order valence-corrected chi connectivity index (χ1v) is 4.32. The van der Waals surface area contributed by atoms with Crippen molar-refractivity contribution < 1.29 is 4.79 Å². The fourth-order valence-electron chi connectivity index (χ4n) is 0.831. The molecule has 0 unspecified atom stereocenters. The zero-order valence-electron chi connectivity index (χ0n) is 6.39. The molecular formula is C8H8INO. The fraction of sp³-hybridized carbons (Fsp3) is 0.250. The number of halogens is 1. The van der Waals surface area contributed by atoms with E-state index in [9.17, 15) is 4.79 Å². The van der Waals surface area contributed by atoms with Crippen LogP contribution in [0.1, 0.15) is 23.0 Å². The number of carbonyl (C=O) groups excluding carboxylic acids is 1.